The van der Waals surface area contributed by atoms with E-state index >= 15 is 0 Å². The second-order valence-electron chi connectivity index (χ2n) is 3.79. The molecular formula is C10H18O. The fourth-order valence-electron chi connectivity index (χ4n) is 1.78. The Bertz CT molecular complexity index is 125. The van der Waals surface area contributed by atoms with Crippen LogP contribution in [0.4, 0.5) is 0 Å². The normalized spacial score (nSPS) is 20.8. The lowest BCUT2D eigenvalue weighted by Gasteiger charge is -2.36. The van der Waals surface area contributed by atoms with Crippen molar-refractivity contribution in [1.29, 1.82) is 0 Å². The number of aldehydes is 1. The first-order valence-corrected chi connectivity index (χ1v) is 4.79. The van der Waals surface area contributed by atoms with Crippen molar-refractivity contribution in [2.45, 2.75) is 51.9 Å². The zero-order valence-electron chi connectivity index (χ0n) is 7.44. The van der Waals surface area contributed by atoms with Crippen molar-refractivity contribution in [3.05, 3.63) is 0 Å². The summed E-state index contributed by atoms with van der Waals surface area (Å²) >= 11 is 0. The molecule has 1 heteroatoms. The average molecular weight is 154 g/mol. The first kappa shape index (κ1) is 8.76. The van der Waals surface area contributed by atoms with Crippen LogP contribution < -0.4 is 0 Å². The van der Waals surface area contributed by atoms with Gasteiger partial charge in [-0.3, -0.25) is 0 Å². The second kappa shape index (κ2) is 3.89. The maximum Gasteiger partial charge on any atom is 0.126 e. The molecule has 0 bridgehead atoms. The number of carbonyl (C=O) groups excluding carboxylic acids is 1. The molecule has 0 heterocycles. The molecule has 0 saturated heterocycles. The predicted molar refractivity (Wildman–Crippen MR) is 46.5 cm³/mol. The van der Waals surface area contributed by atoms with E-state index in [-0.39, 0.29) is 5.41 Å². The van der Waals surface area contributed by atoms with Gasteiger partial charge in [-0.2, -0.15) is 0 Å². The molecule has 1 rings (SSSR count). The van der Waals surface area contributed by atoms with E-state index in [4.69, 9.17) is 0 Å². The van der Waals surface area contributed by atoms with Crippen molar-refractivity contribution < 1.29 is 4.79 Å². The van der Waals surface area contributed by atoms with Crippen molar-refractivity contribution in [3.63, 3.8) is 0 Å². The van der Waals surface area contributed by atoms with Gasteiger partial charge in [0.05, 0.1) is 0 Å². The van der Waals surface area contributed by atoms with Gasteiger partial charge >= 0.3 is 0 Å². The number of rotatable bonds is 5. The van der Waals surface area contributed by atoms with Gasteiger partial charge in [0.2, 0.25) is 0 Å². The summed E-state index contributed by atoms with van der Waals surface area (Å²) in [6.07, 6.45) is 9.71. The van der Waals surface area contributed by atoms with Gasteiger partial charge in [0.15, 0.2) is 0 Å². The summed E-state index contributed by atoms with van der Waals surface area (Å²) in [5.74, 6) is 0. The summed E-state index contributed by atoms with van der Waals surface area (Å²) < 4.78 is 0. The van der Waals surface area contributed by atoms with Gasteiger partial charge < -0.3 is 4.79 Å². The fraction of sp³-hybridized carbons (Fsp3) is 0.900. The van der Waals surface area contributed by atoms with E-state index in [2.05, 4.69) is 6.92 Å². The second-order valence-corrected chi connectivity index (χ2v) is 3.79. The van der Waals surface area contributed by atoms with Crippen LogP contribution in [0.1, 0.15) is 51.9 Å². The molecule has 0 atom stereocenters. The third-order valence-electron chi connectivity index (χ3n) is 2.88. The van der Waals surface area contributed by atoms with Crippen LogP contribution in [-0.4, -0.2) is 6.29 Å². The Morgan fingerprint density at radius 2 is 2.09 bits per heavy atom. The fourth-order valence-corrected chi connectivity index (χ4v) is 1.78. The Hall–Kier alpha value is -0.330. The molecule has 0 aromatic heterocycles. The minimum Gasteiger partial charge on any atom is -0.303 e. The highest BCUT2D eigenvalue weighted by Gasteiger charge is 2.35. The Labute approximate surface area is 69.2 Å². The third-order valence-corrected chi connectivity index (χ3v) is 2.88. The SMILES string of the molecule is CCCCCC1(C=O)CCC1. The van der Waals surface area contributed by atoms with Crippen LogP contribution in [0.2, 0.25) is 0 Å². The third kappa shape index (κ3) is 2.05. The number of hydrogen-bond donors (Lipinski definition) is 0. The number of hydrogen-bond acceptors (Lipinski definition) is 1. The van der Waals surface area contributed by atoms with Crippen LogP contribution in [0.5, 0.6) is 0 Å². The molecule has 0 aromatic rings. The van der Waals surface area contributed by atoms with Crippen molar-refractivity contribution in [1.82, 2.24) is 0 Å². The topological polar surface area (TPSA) is 17.1 Å². The van der Waals surface area contributed by atoms with Gasteiger partial charge in [-0.15, -0.1) is 0 Å². The standard InChI is InChI=1S/C10H18O/c1-2-3-4-6-10(9-11)7-5-8-10/h9H,2-8H2,1H3. The highest BCUT2D eigenvalue weighted by atomic mass is 16.1. The summed E-state index contributed by atoms with van der Waals surface area (Å²) in [6.45, 7) is 2.20. The monoisotopic (exact) mass is 154 g/mol. The zero-order valence-corrected chi connectivity index (χ0v) is 7.44. The van der Waals surface area contributed by atoms with E-state index in [1.165, 1.54) is 32.0 Å². The minimum atomic E-state index is 0.134. The Balaban J connectivity index is 2.16. The van der Waals surface area contributed by atoms with E-state index in [9.17, 15) is 4.79 Å². The van der Waals surface area contributed by atoms with Crippen molar-refractivity contribution in [3.8, 4) is 0 Å². The van der Waals surface area contributed by atoms with E-state index in [1.54, 1.807) is 0 Å². The molecule has 0 radical (unpaired) electrons. The average Bonchev–Trinajstić information content (AvgIpc) is 1.95. The lowest BCUT2D eigenvalue weighted by molar-refractivity contribution is -0.121. The minimum absolute atomic E-state index is 0.134. The van der Waals surface area contributed by atoms with Crippen molar-refractivity contribution in [2.24, 2.45) is 5.41 Å². The molecule has 1 fully saturated rings. The highest BCUT2D eigenvalue weighted by molar-refractivity contribution is 5.60. The molecule has 1 aliphatic rings. The summed E-state index contributed by atoms with van der Waals surface area (Å²) in [6, 6.07) is 0. The van der Waals surface area contributed by atoms with Gasteiger partial charge in [-0.05, 0) is 19.3 Å². The summed E-state index contributed by atoms with van der Waals surface area (Å²) in [4.78, 5) is 10.7. The zero-order chi connectivity index (χ0) is 8.16. The smallest absolute Gasteiger partial charge is 0.126 e. The van der Waals surface area contributed by atoms with E-state index in [1.807, 2.05) is 0 Å². The maximum absolute atomic E-state index is 10.7. The molecule has 0 aliphatic heterocycles. The molecule has 0 unspecified atom stereocenters. The van der Waals surface area contributed by atoms with Crippen LogP contribution in [0.25, 0.3) is 0 Å². The quantitative estimate of drug-likeness (QED) is 0.439. The molecule has 0 spiro atoms. The number of unbranched alkanes of at least 4 members (excludes halogenated alkanes) is 2. The van der Waals surface area contributed by atoms with Gasteiger partial charge in [0, 0.05) is 5.41 Å². The van der Waals surface area contributed by atoms with Gasteiger partial charge in [0.1, 0.15) is 6.29 Å². The van der Waals surface area contributed by atoms with E-state index in [0.29, 0.717) is 0 Å². The van der Waals surface area contributed by atoms with Gasteiger partial charge in [-0.1, -0.05) is 32.6 Å². The maximum atomic E-state index is 10.7. The molecule has 64 valence electrons. The van der Waals surface area contributed by atoms with Crippen LogP contribution in [0.15, 0.2) is 0 Å². The molecule has 1 nitrogen and oxygen atoms in total. The molecule has 11 heavy (non-hydrogen) atoms. The Kier molecular flexibility index (Phi) is 3.10. The molecule has 0 aromatic carbocycles. The van der Waals surface area contributed by atoms with E-state index < -0.39 is 0 Å². The highest BCUT2D eigenvalue weighted by Crippen LogP contribution is 2.43. The first-order valence-electron chi connectivity index (χ1n) is 4.79. The van der Waals surface area contributed by atoms with Crippen LogP contribution in [-0.2, 0) is 4.79 Å². The van der Waals surface area contributed by atoms with E-state index in [0.717, 1.165) is 19.3 Å². The Morgan fingerprint density at radius 1 is 1.36 bits per heavy atom. The van der Waals surface area contributed by atoms with Gasteiger partial charge in [-0.25, -0.2) is 0 Å². The van der Waals surface area contributed by atoms with Crippen molar-refractivity contribution in [2.75, 3.05) is 0 Å². The van der Waals surface area contributed by atoms with Crippen LogP contribution in [0, 0.1) is 5.41 Å². The summed E-state index contributed by atoms with van der Waals surface area (Å²) in [5, 5.41) is 0. The summed E-state index contributed by atoms with van der Waals surface area (Å²) in [5.41, 5.74) is 0.134. The largest absolute Gasteiger partial charge is 0.303 e. The molecule has 1 aliphatic carbocycles. The lowest BCUT2D eigenvalue weighted by atomic mass is 9.67. The molecule has 1 saturated carbocycles. The Morgan fingerprint density at radius 3 is 2.45 bits per heavy atom. The first-order chi connectivity index (χ1) is 5.33. The predicted octanol–water partition coefficient (Wildman–Crippen LogP) is 2.94. The molecule has 0 amide bonds. The van der Waals surface area contributed by atoms with Crippen LogP contribution >= 0.6 is 0 Å². The molecule has 0 N–H and O–H groups in total. The van der Waals surface area contributed by atoms with Crippen LogP contribution in [0.3, 0.4) is 0 Å². The lowest BCUT2D eigenvalue weighted by Crippen LogP contribution is -2.30. The molecular weight excluding hydrogens is 136 g/mol. The number of carbonyl (C=O) groups is 1. The van der Waals surface area contributed by atoms with Gasteiger partial charge in [0.25, 0.3) is 0 Å². The van der Waals surface area contributed by atoms with Crippen molar-refractivity contribution >= 4 is 6.29 Å². The summed E-state index contributed by atoms with van der Waals surface area (Å²) in [7, 11) is 0.